The second kappa shape index (κ2) is 10.0. The highest BCUT2D eigenvalue weighted by atomic mass is 32.1. The van der Waals surface area contributed by atoms with Gasteiger partial charge in [0.2, 0.25) is 5.71 Å². The summed E-state index contributed by atoms with van der Waals surface area (Å²) >= 11 is 1.85. The van der Waals surface area contributed by atoms with Crippen molar-refractivity contribution in [2.45, 2.75) is 0 Å². The highest BCUT2D eigenvalue weighted by molar-refractivity contribution is 7.25. The summed E-state index contributed by atoms with van der Waals surface area (Å²) < 4.78 is 11.6. The summed E-state index contributed by atoms with van der Waals surface area (Å²) in [4.78, 5) is 5.38. The molecule has 51 heavy (non-hydrogen) atoms. The van der Waals surface area contributed by atoms with E-state index in [-0.39, 0.29) is 0 Å². The van der Waals surface area contributed by atoms with Crippen LogP contribution in [0.5, 0.6) is 0 Å². The number of thiophene rings is 1. The Kier molecular flexibility index (Phi) is 5.38. The van der Waals surface area contributed by atoms with Gasteiger partial charge in [-0.2, -0.15) is 0 Å². The van der Waals surface area contributed by atoms with Crippen LogP contribution in [0, 0.1) is 0 Å². The molecule has 4 aromatic heterocycles. The summed E-state index contributed by atoms with van der Waals surface area (Å²) in [5.41, 5.74) is 7.04. The number of rotatable bonds is 2. The second-order valence-corrected chi connectivity index (χ2v) is 14.5. The number of pyridine rings is 1. The Morgan fingerprint density at radius 2 is 1.08 bits per heavy atom. The Bertz CT molecular complexity index is 3420. The third-order valence-corrected chi connectivity index (χ3v) is 11.9. The minimum Gasteiger partial charge on any atom is -0.439 e. The molecule has 0 unspecified atom stereocenters. The number of para-hydroxylation sites is 2. The lowest BCUT2D eigenvalue weighted by Crippen LogP contribution is -1.95. The van der Waals surface area contributed by atoms with Gasteiger partial charge in [0, 0.05) is 58.4 Å². The van der Waals surface area contributed by atoms with Crippen LogP contribution >= 0.6 is 11.3 Å². The van der Waals surface area contributed by atoms with Gasteiger partial charge in [-0.15, -0.1) is 11.3 Å². The lowest BCUT2D eigenvalue weighted by atomic mass is 9.90. The Hall–Kier alpha value is -6.49. The SMILES string of the molecule is c1ccc2c(c1)nc(-c1ccc(-n3c4cc5c(cc4c4c6ccccc6oc43)sc3ccccc35)cc1)c1c3ccccc3c3ccccc3c21. The van der Waals surface area contributed by atoms with Gasteiger partial charge in [0.1, 0.15) is 5.58 Å². The maximum Gasteiger partial charge on any atom is 0.213 e. The average Bonchev–Trinajstić information content (AvgIpc) is 3.85. The molecule has 12 rings (SSSR count). The lowest BCUT2D eigenvalue weighted by molar-refractivity contribution is 0.645. The van der Waals surface area contributed by atoms with Crippen LogP contribution in [0.15, 0.2) is 162 Å². The number of nitrogens with zero attached hydrogens (tertiary/aromatic N) is 2. The molecule has 0 atom stereocenters. The van der Waals surface area contributed by atoms with Crippen LogP contribution in [0.2, 0.25) is 0 Å². The van der Waals surface area contributed by atoms with Gasteiger partial charge in [-0.05, 0) is 64.0 Å². The third kappa shape index (κ3) is 3.69. The second-order valence-electron chi connectivity index (χ2n) is 13.4. The number of benzene rings is 8. The van der Waals surface area contributed by atoms with E-state index in [9.17, 15) is 0 Å². The van der Waals surface area contributed by atoms with Crippen LogP contribution in [0.25, 0.3) is 113 Å². The van der Waals surface area contributed by atoms with E-state index in [4.69, 9.17) is 9.40 Å². The molecule has 236 valence electrons. The van der Waals surface area contributed by atoms with Crippen molar-refractivity contribution in [2.24, 2.45) is 0 Å². The molecule has 0 saturated carbocycles. The topological polar surface area (TPSA) is 31.0 Å². The van der Waals surface area contributed by atoms with E-state index in [2.05, 4.69) is 156 Å². The lowest BCUT2D eigenvalue weighted by Gasteiger charge is -2.16. The highest BCUT2D eigenvalue weighted by Gasteiger charge is 2.22. The fraction of sp³-hybridized carbons (Fsp3) is 0. The van der Waals surface area contributed by atoms with Gasteiger partial charge in [-0.3, -0.25) is 4.57 Å². The van der Waals surface area contributed by atoms with Crippen molar-refractivity contribution < 1.29 is 4.42 Å². The zero-order valence-electron chi connectivity index (χ0n) is 27.2. The first-order valence-electron chi connectivity index (χ1n) is 17.3. The first-order chi connectivity index (χ1) is 25.3. The van der Waals surface area contributed by atoms with E-state index < -0.39 is 0 Å². The van der Waals surface area contributed by atoms with Gasteiger partial charge >= 0.3 is 0 Å². The van der Waals surface area contributed by atoms with Crippen molar-refractivity contribution in [3.8, 4) is 16.9 Å². The summed E-state index contributed by atoms with van der Waals surface area (Å²) in [6, 6.07) is 56.8. The zero-order valence-corrected chi connectivity index (χ0v) is 28.0. The molecular weight excluding hydrogens is 641 g/mol. The molecule has 0 N–H and O–H groups in total. The molecule has 12 aromatic rings. The molecule has 0 aliphatic rings. The smallest absolute Gasteiger partial charge is 0.213 e. The number of hydrogen-bond donors (Lipinski definition) is 0. The molecule has 0 radical (unpaired) electrons. The van der Waals surface area contributed by atoms with Gasteiger partial charge in [0.15, 0.2) is 0 Å². The van der Waals surface area contributed by atoms with E-state index >= 15 is 0 Å². The Balaban J connectivity index is 1.15. The molecule has 0 aliphatic heterocycles. The van der Waals surface area contributed by atoms with Crippen molar-refractivity contribution >= 4 is 108 Å². The standard InChI is InChI=1S/C47H26N2OS/c1-3-14-32-29(11-1)30-12-2-4-15-33(30)45-43(32)34-16-5-8-18-38(34)48-46(45)27-21-23-28(24-22-27)49-39-25-36-31-13-7-10-20-41(31)51-42(36)26-37(39)44-35-17-6-9-19-40(35)50-47(44)49/h1-26H. The van der Waals surface area contributed by atoms with Gasteiger partial charge in [0.25, 0.3) is 0 Å². The predicted octanol–water partition coefficient (Wildman–Crippen LogP) is 13.6. The number of fused-ring (bicyclic) bond motifs is 16. The number of furan rings is 1. The average molecular weight is 667 g/mol. The molecule has 0 fully saturated rings. The third-order valence-electron chi connectivity index (χ3n) is 10.8. The quantitative estimate of drug-likeness (QED) is 0.172. The van der Waals surface area contributed by atoms with Crippen molar-refractivity contribution in [1.82, 2.24) is 9.55 Å². The monoisotopic (exact) mass is 666 g/mol. The predicted molar refractivity (Wildman–Crippen MR) is 217 cm³/mol. The molecule has 4 heterocycles. The molecule has 0 amide bonds. The van der Waals surface area contributed by atoms with Crippen molar-refractivity contribution in [2.75, 3.05) is 0 Å². The molecule has 3 nitrogen and oxygen atoms in total. The molecular formula is C47H26N2OS. The maximum atomic E-state index is 6.68. The minimum absolute atomic E-state index is 0.868. The molecule has 0 bridgehead atoms. The molecule has 4 heteroatoms. The normalized spacial score (nSPS) is 12.3. The minimum atomic E-state index is 0.868. The molecule has 0 saturated heterocycles. The van der Waals surface area contributed by atoms with Crippen LogP contribution in [-0.2, 0) is 0 Å². The van der Waals surface area contributed by atoms with Gasteiger partial charge < -0.3 is 4.42 Å². The fourth-order valence-electron chi connectivity index (χ4n) is 8.56. The largest absolute Gasteiger partial charge is 0.439 e. The highest BCUT2D eigenvalue weighted by Crippen LogP contribution is 2.45. The van der Waals surface area contributed by atoms with Crippen LogP contribution in [0.3, 0.4) is 0 Å². The summed E-state index contributed by atoms with van der Waals surface area (Å²) in [5.74, 6) is 0. The van der Waals surface area contributed by atoms with Gasteiger partial charge in [0.05, 0.1) is 22.1 Å². The van der Waals surface area contributed by atoms with E-state index in [0.29, 0.717) is 0 Å². The first-order valence-corrected chi connectivity index (χ1v) is 18.1. The van der Waals surface area contributed by atoms with Gasteiger partial charge in [-0.25, -0.2) is 4.98 Å². The van der Waals surface area contributed by atoms with Crippen LogP contribution in [-0.4, -0.2) is 9.55 Å². The van der Waals surface area contributed by atoms with Crippen LogP contribution in [0.1, 0.15) is 0 Å². The first kappa shape index (κ1) is 27.3. The maximum absolute atomic E-state index is 6.68. The zero-order chi connectivity index (χ0) is 33.2. The van der Waals surface area contributed by atoms with Crippen molar-refractivity contribution in [1.29, 1.82) is 0 Å². The Morgan fingerprint density at radius 3 is 1.86 bits per heavy atom. The van der Waals surface area contributed by atoms with Crippen molar-refractivity contribution in [3.63, 3.8) is 0 Å². The number of hydrogen-bond acceptors (Lipinski definition) is 3. The summed E-state index contributed by atoms with van der Waals surface area (Å²) in [7, 11) is 0. The summed E-state index contributed by atoms with van der Waals surface area (Å²) in [5, 5.41) is 14.7. The van der Waals surface area contributed by atoms with Crippen LogP contribution in [0.4, 0.5) is 0 Å². The molecule has 8 aromatic carbocycles. The molecule has 0 spiro atoms. The Morgan fingerprint density at radius 1 is 0.451 bits per heavy atom. The molecule has 0 aliphatic carbocycles. The number of aromatic nitrogens is 2. The summed E-state index contributed by atoms with van der Waals surface area (Å²) in [6.07, 6.45) is 0. The van der Waals surface area contributed by atoms with E-state index in [0.717, 1.165) is 50.0 Å². The van der Waals surface area contributed by atoms with Gasteiger partial charge in [-0.1, -0.05) is 115 Å². The van der Waals surface area contributed by atoms with E-state index in [1.54, 1.807) is 0 Å². The Labute approximate surface area is 295 Å². The fourth-order valence-corrected chi connectivity index (χ4v) is 9.69. The van der Waals surface area contributed by atoms with E-state index in [1.165, 1.54) is 63.3 Å². The van der Waals surface area contributed by atoms with E-state index in [1.807, 2.05) is 17.4 Å². The van der Waals surface area contributed by atoms with Crippen LogP contribution < -0.4 is 0 Å². The van der Waals surface area contributed by atoms with Crippen molar-refractivity contribution in [3.05, 3.63) is 158 Å². The summed E-state index contributed by atoms with van der Waals surface area (Å²) in [6.45, 7) is 0.